The van der Waals surface area contributed by atoms with Crippen LogP contribution in [0.1, 0.15) is 30.1 Å². The highest BCUT2D eigenvalue weighted by Gasteiger charge is 2.15. The lowest BCUT2D eigenvalue weighted by Crippen LogP contribution is -2.32. The zero-order chi connectivity index (χ0) is 13.0. The van der Waals surface area contributed by atoms with Gasteiger partial charge < -0.3 is 9.80 Å². The lowest BCUT2D eigenvalue weighted by molar-refractivity contribution is 0.101. The molecule has 4 nitrogen and oxygen atoms in total. The van der Waals surface area contributed by atoms with Crippen LogP contribution in [-0.4, -0.2) is 48.9 Å². The quantitative estimate of drug-likeness (QED) is 0.744. The first-order valence-electron chi connectivity index (χ1n) is 6.58. The summed E-state index contributed by atoms with van der Waals surface area (Å²) in [6, 6.07) is 3.66. The summed E-state index contributed by atoms with van der Waals surface area (Å²) in [5, 5.41) is 0. The number of aromatic nitrogens is 1. The maximum absolute atomic E-state index is 11.6. The first-order chi connectivity index (χ1) is 8.68. The van der Waals surface area contributed by atoms with Crippen molar-refractivity contribution < 1.29 is 4.79 Å². The first kappa shape index (κ1) is 13.0. The monoisotopic (exact) mass is 247 g/mol. The Balaban J connectivity index is 1.99. The van der Waals surface area contributed by atoms with E-state index >= 15 is 0 Å². The zero-order valence-electron chi connectivity index (χ0n) is 11.2. The topological polar surface area (TPSA) is 36.4 Å². The molecule has 0 atom stereocenters. The highest BCUT2D eigenvalue weighted by Crippen LogP contribution is 2.16. The summed E-state index contributed by atoms with van der Waals surface area (Å²) in [4.78, 5) is 20.4. The number of Topliss-reactive ketones (excluding diaryl/α,β-unsaturated/α-hetero) is 1. The number of ketones is 1. The number of pyridine rings is 1. The second-order valence-corrected chi connectivity index (χ2v) is 4.90. The van der Waals surface area contributed by atoms with Gasteiger partial charge in [0.2, 0.25) is 0 Å². The van der Waals surface area contributed by atoms with Crippen LogP contribution in [0.5, 0.6) is 0 Å². The van der Waals surface area contributed by atoms with E-state index in [-0.39, 0.29) is 5.78 Å². The van der Waals surface area contributed by atoms with Crippen molar-refractivity contribution in [2.75, 3.05) is 38.1 Å². The predicted octanol–water partition coefficient (Wildman–Crippen LogP) is 1.82. The van der Waals surface area contributed by atoms with Gasteiger partial charge in [-0.3, -0.25) is 4.79 Å². The summed E-state index contributed by atoms with van der Waals surface area (Å²) in [5.74, 6) is 0.871. The van der Waals surface area contributed by atoms with Crippen molar-refractivity contribution >= 4 is 11.6 Å². The van der Waals surface area contributed by atoms with Crippen molar-refractivity contribution in [3.8, 4) is 0 Å². The zero-order valence-corrected chi connectivity index (χ0v) is 11.2. The molecule has 18 heavy (non-hydrogen) atoms. The Hall–Kier alpha value is -1.42. The largest absolute Gasteiger partial charge is 0.358 e. The molecule has 0 amide bonds. The number of carbonyl (C=O) groups is 1. The molecule has 0 aliphatic carbocycles. The van der Waals surface area contributed by atoms with E-state index in [1.54, 1.807) is 13.1 Å². The third kappa shape index (κ3) is 3.07. The van der Waals surface area contributed by atoms with Crippen LogP contribution in [-0.2, 0) is 0 Å². The molecule has 98 valence electrons. The van der Waals surface area contributed by atoms with Gasteiger partial charge in [0, 0.05) is 26.3 Å². The number of rotatable bonds is 5. The normalized spacial score (nSPS) is 15.9. The summed E-state index contributed by atoms with van der Waals surface area (Å²) in [5.41, 5.74) is 0.710. The van der Waals surface area contributed by atoms with E-state index in [0.717, 1.165) is 18.9 Å². The van der Waals surface area contributed by atoms with E-state index < -0.39 is 0 Å². The van der Waals surface area contributed by atoms with Crippen LogP contribution in [0.4, 0.5) is 5.82 Å². The lowest BCUT2D eigenvalue weighted by atomic mass is 10.2. The molecular formula is C14H21N3O. The molecule has 0 saturated carbocycles. The van der Waals surface area contributed by atoms with Crippen molar-refractivity contribution in [3.63, 3.8) is 0 Å². The Morgan fingerprint density at radius 3 is 2.83 bits per heavy atom. The number of anilines is 1. The minimum Gasteiger partial charge on any atom is -0.358 e. The molecule has 1 aromatic heterocycles. The van der Waals surface area contributed by atoms with E-state index in [2.05, 4.69) is 14.8 Å². The number of likely N-dealkylation sites (tertiary alicyclic amines) is 1. The Morgan fingerprint density at radius 2 is 2.17 bits per heavy atom. The molecule has 1 aliphatic heterocycles. The van der Waals surface area contributed by atoms with Crippen LogP contribution in [0.25, 0.3) is 0 Å². The van der Waals surface area contributed by atoms with Crippen LogP contribution in [0.15, 0.2) is 18.3 Å². The predicted molar refractivity (Wildman–Crippen MR) is 73.2 cm³/mol. The number of carbonyl (C=O) groups excluding carboxylic acids is 1. The van der Waals surface area contributed by atoms with Crippen LogP contribution in [0, 0.1) is 0 Å². The van der Waals surface area contributed by atoms with Gasteiger partial charge in [-0.15, -0.1) is 0 Å². The van der Waals surface area contributed by atoms with Crippen molar-refractivity contribution in [3.05, 3.63) is 23.9 Å². The average Bonchev–Trinajstić information content (AvgIpc) is 2.89. The molecular weight excluding hydrogens is 226 g/mol. The maximum atomic E-state index is 11.6. The summed E-state index contributed by atoms with van der Waals surface area (Å²) < 4.78 is 0. The second-order valence-electron chi connectivity index (χ2n) is 4.90. The molecule has 1 aliphatic rings. The van der Waals surface area contributed by atoms with Gasteiger partial charge in [-0.2, -0.15) is 0 Å². The van der Waals surface area contributed by atoms with E-state index in [4.69, 9.17) is 0 Å². The molecule has 2 heterocycles. The van der Waals surface area contributed by atoms with Crippen LogP contribution >= 0.6 is 0 Å². The fourth-order valence-corrected chi connectivity index (χ4v) is 2.38. The van der Waals surface area contributed by atoms with E-state index in [9.17, 15) is 4.79 Å². The van der Waals surface area contributed by atoms with Gasteiger partial charge in [-0.05, 0) is 45.0 Å². The van der Waals surface area contributed by atoms with Gasteiger partial charge in [0.25, 0.3) is 0 Å². The van der Waals surface area contributed by atoms with Crippen molar-refractivity contribution in [2.45, 2.75) is 19.8 Å². The summed E-state index contributed by atoms with van der Waals surface area (Å²) in [6.07, 6.45) is 4.37. The highest BCUT2D eigenvalue weighted by molar-refractivity contribution is 5.98. The number of hydrogen-bond acceptors (Lipinski definition) is 4. The molecule has 1 fully saturated rings. The molecule has 0 spiro atoms. The average molecular weight is 247 g/mol. The Bertz CT molecular complexity index is 413. The van der Waals surface area contributed by atoms with Crippen molar-refractivity contribution in [2.24, 2.45) is 0 Å². The third-order valence-corrected chi connectivity index (χ3v) is 3.48. The van der Waals surface area contributed by atoms with E-state index in [1.807, 2.05) is 19.2 Å². The highest BCUT2D eigenvalue weighted by atomic mass is 16.1. The summed E-state index contributed by atoms with van der Waals surface area (Å²) >= 11 is 0. The molecule has 1 saturated heterocycles. The summed E-state index contributed by atoms with van der Waals surface area (Å²) in [6.45, 7) is 5.96. The molecule has 0 radical (unpaired) electrons. The standard InChI is InChI=1S/C14H21N3O/c1-12(18)13-6-5-7-15-14(13)16(2)10-11-17-8-3-4-9-17/h5-7H,3-4,8-11H2,1-2H3. The van der Waals surface area contributed by atoms with Crippen LogP contribution < -0.4 is 4.90 Å². The van der Waals surface area contributed by atoms with Crippen molar-refractivity contribution in [1.29, 1.82) is 0 Å². The minimum absolute atomic E-state index is 0.0751. The number of nitrogens with zero attached hydrogens (tertiary/aromatic N) is 3. The Labute approximate surface area is 109 Å². The molecule has 1 aromatic rings. The fraction of sp³-hybridized carbons (Fsp3) is 0.571. The fourth-order valence-electron chi connectivity index (χ4n) is 2.38. The van der Waals surface area contributed by atoms with E-state index in [0.29, 0.717) is 5.56 Å². The van der Waals surface area contributed by atoms with Gasteiger partial charge in [0.05, 0.1) is 5.56 Å². The van der Waals surface area contributed by atoms with Crippen LogP contribution in [0.2, 0.25) is 0 Å². The van der Waals surface area contributed by atoms with Crippen LogP contribution in [0.3, 0.4) is 0 Å². The minimum atomic E-state index is 0.0751. The third-order valence-electron chi connectivity index (χ3n) is 3.48. The SMILES string of the molecule is CC(=O)c1cccnc1N(C)CCN1CCCC1. The molecule has 0 bridgehead atoms. The maximum Gasteiger partial charge on any atom is 0.163 e. The van der Waals surface area contributed by atoms with Gasteiger partial charge in [-0.1, -0.05) is 0 Å². The second kappa shape index (κ2) is 5.96. The molecule has 4 heteroatoms. The molecule has 0 aromatic carbocycles. The summed E-state index contributed by atoms with van der Waals surface area (Å²) in [7, 11) is 2.00. The first-order valence-corrected chi connectivity index (χ1v) is 6.58. The number of likely N-dealkylation sites (N-methyl/N-ethyl adjacent to an activating group) is 1. The lowest BCUT2D eigenvalue weighted by Gasteiger charge is -2.23. The molecule has 2 rings (SSSR count). The number of hydrogen-bond donors (Lipinski definition) is 0. The van der Waals surface area contributed by atoms with Gasteiger partial charge in [0.1, 0.15) is 5.82 Å². The molecule has 0 N–H and O–H groups in total. The Kier molecular flexibility index (Phi) is 4.31. The van der Waals surface area contributed by atoms with Gasteiger partial charge in [-0.25, -0.2) is 4.98 Å². The van der Waals surface area contributed by atoms with Gasteiger partial charge in [0.15, 0.2) is 5.78 Å². The molecule has 0 unspecified atom stereocenters. The van der Waals surface area contributed by atoms with Gasteiger partial charge >= 0.3 is 0 Å². The Morgan fingerprint density at radius 1 is 1.44 bits per heavy atom. The van der Waals surface area contributed by atoms with E-state index in [1.165, 1.54) is 25.9 Å². The smallest absolute Gasteiger partial charge is 0.163 e. The van der Waals surface area contributed by atoms with Crippen molar-refractivity contribution in [1.82, 2.24) is 9.88 Å².